The molecule has 0 amide bonds. The van der Waals surface area contributed by atoms with Crippen LogP contribution in [-0.4, -0.2) is 26.0 Å². The quantitative estimate of drug-likeness (QED) is 0.542. The molecule has 8 heteroatoms. The molecule has 0 spiro atoms. The van der Waals surface area contributed by atoms with E-state index in [0.717, 1.165) is 16.7 Å². The first-order valence-corrected chi connectivity index (χ1v) is 11.2. The van der Waals surface area contributed by atoms with Crippen molar-refractivity contribution >= 4 is 21.7 Å². The summed E-state index contributed by atoms with van der Waals surface area (Å²) in [5.41, 5.74) is 3.26. The number of aryl methyl sites for hydroxylation is 3. The van der Waals surface area contributed by atoms with Crippen LogP contribution >= 0.6 is 0 Å². The summed E-state index contributed by atoms with van der Waals surface area (Å²) in [6, 6.07) is 13.0. The van der Waals surface area contributed by atoms with Crippen LogP contribution in [0.4, 0.5) is 5.69 Å². The Labute approximate surface area is 181 Å². The predicted molar refractivity (Wildman–Crippen MR) is 117 cm³/mol. The van der Waals surface area contributed by atoms with Crippen molar-refractivity contribution in [2.75, 3.05) is 10.8 Å². The average molecular weight is 444 g/mol. The van der Waals surface area contributed by atoms with E-state index in [1.807, 2.05) is 19.9 Å². The van der Waals surface area contributed by atoms with Crippen LogP contribution in [0.5, 0.6) is 5.75 Å². The van der Waals surface area contributed by atoms with E-state index in [4.69, 9.17) is 14.3 Å². The number of nitrogens with zero attached hydrogens (tertiary/aromatic N) is 1. The minimum atomic E-state index is -3.91. The topological polar surface area (TPSA) is 97.0 Å². The Morgan fingerprint density at radius 3 is 2.23 bits per heavy atom. The number of rotatable bonds is 8. The highest BCUT2D eigenvalue weighted by molar-refractivity contribution is 7.92. The van der Waals surface area contributed by atoms with Crippen LogP contribution < -0.4 is 9.04 Å². The molecular weight excluding hydrogens is 418 g/mol. The molecule has 2 aromatic carbocycles. The molecule has 0 atom stereocenters. The third kappa shape index (κ3) is 4.74. The lowest BCUT2D eigenvalue weighted by Crippen LogP contribution is -2.31. The fraction of sp³-hybridized carbons (Fsp3) is 0.261. The Morgan fingerprint density at radius 1 is 1.03 bits per heavy atom. The van der Waals surface area contributed by atoms with E-state index in [1.165, 1.54) is 22.5 Å². The maximum absolute atomic E-state index is 13.2. The number of benzene rings is 2. The second kappa shape index (κ2) is 8.85. The smallest absolute Gasteiger partial charge is 0.335 e. The molecule has 3 rings (SSSR count). The standard InChI is InChI=1S/C23H25NO6S/c1-5-24(31(27,28)22-11-6-17(4)30-22)20-12-15(2)16(3)13-21(20)29-14-18-7-9-19(10-8-18)23(25)26/h6-13H,5,14H2,1-4H3,(H,25,26). The molecule has 7 nitrogen and oxygen atoms in total. The van der Waals surface area contributed by atoms with Gasteiger partial charge in [-0.3, -0.25) is 4.31 Å². The highest BCUT2D eigenvalue weighted by atomic mass is 32.2. The maximum Gasteiger partial charge on any atom is 0.335 e. The first-order chi connectivity index (χ1) is 14.6. The highest BCUT2D eigenvalue weighted by Crippen LogP contribution is 2.36. The summed E-state index contributed by atoms with van der Waals surface area (Å²) in [4.78, 5) is 11.0. The largest absolute Gasteiger partial charge is 0.487 e. The van der Waals surface area contributed by atoms with Crippen LogP contribution in [0.15, 0.2) is 58.0 Å². The number of aromatic carboxylic acids is 1. The number of ether oxygens (including phenoxy) is 1. The third-order valence-corrected chi connectivity index (χ3v) is 6.75. The van der Waals surface area contributed by atoms with Gasteiger partial charge in [-0.25, -0.2) is 4.79 Å². The second-order valence-electron chi connectivity index (χ2n) is 7.23. The number of hydrogen-bond acceptors (Lipinski definition) is 5. The number of carboxylic acids is 1. The molecule has 164 valence electrons. The van der Waals surface area contributed by atoms with Gasteiger partial charge in [-0.15, -0.1) is 0 Å². The zero-order valence-corrected chi connectivity index (χ0v) is 18.7. The van der Waals surface area contributed by atoms with Gasteiger partial charge >= 0.3 is 5.97 Å². The molecule has 0 aliphatic carbocycles. The monoisotopic (exact) mass is 443 g/mol. The molecule has 0 radical (unpaired) electrons. The van der Waals surface area contributed by atoms with E-state index in [9.17, 15) is 13.2 Å². The molecule has 0 aliphatic rings. The molecule has 3 aromatic rings. The Morgan fingerprint density at radius 2 is 1.68 bits per heavy atom. The van der Waals surface area contributed by atoms with Crippen LogP contribution in [0, 0.1) is 20.8 Å². The summed E-state index contributed by atoms with van der Waals surface area (Å²) >= 11 is 0. The highest BCUT2D eigenvalue weighted by Gasteiger charge is 2.29. The van der Waals surface area contributed by atoms with Gasteiger partial charge in [-0.1, -0.05) is 12.1 Å². The average Bonchev–Trinajstić information content (AvgIpc) is 3.17. The molecule has 0 saturated heterocycles. The summed E-state index contributed by atoms with van der Waals surface area (Å²) in [6.45, 7) is 7.62. The van der Waals surface area contributed by atoms with Crippen molar-refractivity contribution in [2.45, 2.75) is 39.4 Å². The van der Waals surface area contributed by atoms with Gasteiger partial charge in [-0.2, -0.15) is 8.42 Å². The maximum atomic E-state index is 13.2. The van der Waals surface area contributed by atoms with Crippen molar-refractivity contribution in [3.05, 3.63) is 76.5 Å². The zero-order valence-electron chi connectivity index (χ0n) is 17.9. The second-order valence-corrected chi connectivity index (χ2v) is 9.02. The van der Waals surface area contributed by atoms with Crippen LogP contribution in [-0.2, 0) is 16.6 Å². The van der Waals surface area contributed by atoms with Crippen molar-refractivity contribution in [3.8, 4) is 5.75 Å². The number of carboxylic acid groups (broad SMARTS) is 1. The normalized spacial score (nSPS) is 11.4. The Bertz CT molecular complexity index is 1200. The number of sulfonamides is 1. The SMILES string of the molecule is CCN(c1cc(C)c(C)cc1OCc1ccc(C(=O)O)cc1)S(=O)(=O)c1ccc(C)o1. The van der Waals surface area contributed by atoms with Crippen molar-refractivity contribution in [2.24, 2.45) is 0 Å². The van der Waals surface area contributed by atoms with Crippen LogP contribution in [0.1, 0.15) is 39.7 Å². The molecule has 0 bridgehead atoms. The Kier molecular flexibility index (Phi) is 6.40. The van der Waals surface area contributed by atoms with Crippen molar-refractivity contribution in [3.63, 3.8) is 0 Å². The van der Waals surface area contributed by atoms with Crippen molar-refractivity contribution in [1.82, 2.24) is 0 Å². The summed E-state index contributed by atoms with van der Waals surface area (Å²) in [5.74, 6) is -0.0732. The van der Waals surface area contributed by atoms with Crippen molar-refractivity contribution in [1.29, 1.82) is 0 Å². The van der Waals surface area contributed by atoms with E-state index in [-0.39, 0.29) is 23.8 Å². The van der Waals surface area contributed by atoms with Gasteiger partial charge in [-0.05, 0) is 80.8 Å². The van der Waals surface area contributed by atoms with Crippen LogP contribution in [0.3, 0.4) is 0 Å². The zero-order chi connectivity index (χ0) is 22.8. The van der Waals surface area contributed by atoms with Crippen molar-refractivity contribution < 1.29 is 27.5 Å². The number of anilines is 1. The van der Waals surface area contributed by atoms with Gasteiger partial charge in [0.05, 0.1) is 11.3 Å². The van der Waals surface area contributed by atoms with E-state index >= 15 is 0 Å². The Balaban J connectivity index is 1.96. The Hall–Kier alpha value is -3.26. The minimum Gasteiger partial charge on any atom is -0.487 e. The first-order valence-electron chi connectivity index (χ1n) is 9.79. The first kappa shape index (κ1) is 22.4. The molecule has 31 heavy (non-hydrogen) atoms. The lowest BCUT2D eigenvalue weighted by Gasteiger charge is -2.25. The van der Waals surface area contributed by atoms with E-state index < -0.39 is 16.0 Å². The van der Waals surface area contributed by atoms with Gasteiger partial charge in [0.25, 0.3) is 10.0 Å². The van der Waals surface area contributed by atoms with E-state index in [1.54, 1.807) is 38.1 Å². The van der Waals surface area contributed by atoms with Gasteiger partial charge in [0.15, 0.2) is 0 Å². The molecule has 0 fully saturated rings. The minimum absolute atomic E-state index is 0.125. The van der Waals surface area contributed by atoms with Crippen LogP contribution in [0.2, 0.25) is 0 Å². The van der Waals surface area contributed by atoms with Gasteiger partial charge in [0, 0.05) is 6.54 Å². The number of carbonyl (C=O) groups is 1. The summed E-state index contributed by atoms with van der Waals surface area (Å²) in [6.07, 6.45) is 0. The fourth-order valence-corrected chi connectivity index (χ4v) is 4.55. The third-order valence-electron chi connectivity index (χ3n) is 4.99. The molecule has 0 unspecified atom stereocenters. The summed E-state index contributed by atoms with van der Waals surface area (Å²) in [5, 5.41) is 8.91. The van der Waals surface area contributed by atoms with Gasteiger partial charge < -0.3 is 14.3 Å². The summed E-state index contributed by atoms with van der Waals surface area (Å²) < 4.78 is 39.1. The van der Waals surface area contributed by atoms with Crippen LogP contribution in [0.25, 0.3) is 0 Å². The molecule has 1 N–H and O–H groups in total. The number of hydrogen-bond donors (Lipinski definition) is 1. The lowest BCUT2D eigenvalue weighted by molar-refractivity contribution is 0.0697. The lowest BCUT2D eigenvalue weighted by atomic mass is 10.1. The summed E-state index contributed by atoms with van der Waals surface area (Å²) in [7, 11) is -3.91. The molecule has 1 aromatic heterocycles. The van der Waals surface area contributed by atoms with E-state index in [2.05, 4.69) is 0 Å². The molecular formula is C23H25NO6S. The molecule has 0 saturated carbocycles. The molecule has 0 aliphatic heterocycles. The fourth-order valence-electron chi connectivity index (χ4n) is 3.12. The van der Waals surface area contributed by atoms with Gasteiger partial charge in [0.1, 0.15) is 18.1 Å². The number of furan rings is 1. The van der Waals surface area contributed by atoms with E-state index in [0.29, 0.717) is 17.2 Å². The predicted octanol–water partition coefficient (Wildman–Crippen LogP) is 4.70. The molecule has 1 heterocycles. The van der Waals surface area contributed by atoms with Gasteiger partial charge in [0.2, 0.25) is 5.09 Å².